The number of hydrogen-bond donors (Lipinski definition) is 0. The fourth-order valence-corrected chi connectivity index (χ4v) is 2.50. The third-order valence-corrected chi connectivity index (χ3v) is 3.73. The zero-order valence-electron chi connectivity index (χ0n) is 8.57. The van der Waals surface area contributed by atoms with Gasteiger partial charge in [0.05, 0.1) is 4.83 Å². The van der Waals surface area contributed by atoms with E-state index >= 15 is 0 Å². The van der Waals surface area contributed by atoms with E-state index in [4.69, 9.17) is 0 Å². The highest BCUT2D eigenvalue weighted by atomic mass is 79.9. The van der Waals surface area contributed by atoms with Gasteiger partial charge in [-0.2, -0.15) is 0 Å². The van der Waals surface area contributed by atoms with E-state index in [2.05, 4.69) is 31.9 Å². The molecule has 0 aliphatic rings. The summed E-state index contributed by atoms with van der Waals surface area (Å²) in [5, 5.41) is 0. The van der Waals surface area contributed by atoms with Crippen LogP contribution in [-0.2, 0) is 11.2 Å². The van der Waals surface area contributed by atoms with E-state index < -0.39 is 16.5 Å². The average Bonchev–Trinajstić information content (AvgIpc) is 2.21. The van der Waals surface area contributed by atoms with E-state index in [-0.39, 0.29) is 12.2 Å². The van der Waals surface area contributed by atoms with E-state index in [9.17, 15) is 13.6 Å². The van der Waals surface area contributed by atoms with Gasteiger partial charge in [-0.3, -0.25) is 4.79 Å². The van der Waals surface area contributed by atoms with Crippen molar-refractivity contribution in [3.05, 3.63) is 33.8 Å². The van der Waals surface area contributed by atoms with Gasteiger partial charge in [0.2, 0.25) is 0 Å². The van der Waals surface area contributed by atoms with Crippen LogP contribution >= 0.6 is 31.9 Å². The second-order valence-corrected chi connectivity index (χ2v) is 5.30. The van der Waals surface area contributed by atoms with Gasteiger partial charge in [-0.1, -0.05) is 38.8 Å². The predicted molar refractivity (Wildman–Crippen MR) is 65.8 cm³/mol. The van der Waals surface area contributed by atoms with Crippen molar-refractivity contribution < 1.29 is 13.6 Å². The first-order valence-electron chi connectivity index (χ1n) is 4.76. The Labute approximate surface area is 109 Å². The summed E-state index contributed by atoms with van der Waals surface area (Å²) in [7, 11) is 0. The number of hydrogen-bond acceptors (Lipinski definition) is 1. The molecule has 0 aromatic heterocycles. The highest BCUT2D eigenvalue weighted by Crippen LogP contribution is 2.25. The summed E-state index contributed by atoms with van der Waals surface area (Å²) in [4.78, 5) is 10.9. The fraction of sp³-hybridized carbons (Fsp3) is 0.364. The number of carbonyl (C=O) groups is 1. The van der Waals surface area contributed by atoms with Crippen LogP contribution in [-0.4, -0.2) is 10.6 Å². The number of rotatable bonds is 4. The van der Waals surface area contributed by atoms with Gasteiger partial charge in [-0.25, -0.2) is 8.78 Å². The molecule has 0 radical (unpaired) electrons. The minimum atomic E-state index is -0.639. The van der Waals surface area contributed by atoms with Crippen molar-refractivity contribution in [1.82, 2.24) is 0 Å². The summed E-state index contributed by atoms with van der Waals surface area (Å²) in [6.07, 6.45) is 0.593. The molecule has 0 aliphatic heterocycles. The van der Waals surface area contributed by atoms with E-state index in [0.29, 0.717) is 16.5 Å². The fourth-order valence-electron chi connectivity index (χ4n) is 1.28. The molecule has 0 saturated carbocycles. The van der Waals surface area contributed by atoms with Crippen molar-refractivity contribution >= 4 is 37.6 Å². The Bertz CT molecular complexity index is 384. The lowest BCUT2D eigenvalue weighted by atomic mass is 10.1. The van der Waals surface area contributed by atoms with Crippen molar-refractivity contribution in [3.63, 3.8) is 0 Å². The Balaban J connectivity index is 2.93. The van der Waals surface area contributed by atoms with Crippen LogP contribution in [0.2, 0.25) is 0 Å². The van der Waals surface area contributed by atoms with Gasteiger partial charge in [0.1, 0.15) is 17.4 Å². The Hall–Kier alpha value is -0.290. The van der Waals surface area contributed by atoms with Crippen LogP contribution in [0.15, 0.2) is 16.6 Å². The zero-order valence-corrected chi connectivity index (χ0v) is 11.7. The lowest BCUT2D eigenvalue weighted by molar-refractivity contribution is -0.118. The first-order valence-corrected chi connectivity index (χ1v) is 6.46. The molecule has 1 rings (SSSR count). The molecule has 0 fully saturated rings. The summed E-state index contributed by atoms with van der Waals surface area (Å²) in [5.41, 5.74) is 0.310. The first kappa shape index (κ1) is 13.8. The Morgan fingerprint density at radius 3 is 2.56 bits per heavy atom. The van der Waals surface area contributed by atoms with Crippen molar-refractivity contribution in [2.75, 3.05) is 0 Å². The number of ketones is 1. The first-order chi connectivity index (χ1) is 7.45. The van der Waals surface area contributed by atoms with E-state index in [0.717, 1.165) is 6.07 Å². The number of benzene rings is 1. The van der Waals surface area contributed by atoms with E-state index in [1.165, 1.54) is 6.07 Å². The van der Waals surface area contributed by atoms with Crippen molar-refractivity contribution in [2.24, 2.45) is 0 Å². The van der Waals surface area contributed by atoms with Gasteiger partial charge < -0.3 is 0 Å². The van der Waals surface area contributed by atoms with Crippen LogP contribution < -0.4 is 0 Å². The number of carbonyl (C=O) groups excluding carboxylic acids is 1. The minimum Gasteiger partial charge on any atom is -0.298 e. The molecule has 1 nitrogen and oxygen atoms in total. The third-order valence-electron chi connectivity index (χ3n) is 2.19. The SMILES string of the molecule is CCC(=O)C(Br)Cc1c(F)cc(F)cc1Br. The summed E-state index contributed by atoms with van der Waals surface area (Å²) in [6, 6.07) is 2.00. The van der Waals surface area contributed by atoms with Gasteiger partial charge in [0.25, 0.3) is 0 Å². The molecular formula is C11H10Br2F2O. The number of Topliss-reactive ketones (excluding diaryl/α,β-unsaturated/α-hetero) is 1. The number of alkyl halides is 1. The molecular weight excluding hydrogens is 346 g/mol. The molecule has 0 N–H and O–H groups in total. The van der Waals surface area contributed by atoms with Gasteiger partial charge in [-0.05, 0) is 12.5 Å². The Kier molecular flexibility index (Phi) is 5.05. The summed E-state index contributed by atoms with van der Waals surface area (Å²) >= 11 is 6.28. The molecule has 0 amide bonds. The Morgan fingerprint density at radius 2 is 2.06 bits per heavy atom. The van der Waals surface area contributed by atoms with Gasteiger partial charge in [0, 0.05) is 22.5 Å². The largest absolute Gasteiger partial charge is 0.298 e. The van der Waals surface area contributed by atoms with Crippen LogP contribution in [0.1, 0.15) is 18.9 Å². The lowest BCUT2D eigenvalue weighted by Gasteiger charge is -2.10. The molecule has 1 aromatic carbocycles. The van der Waals surface area contributed by atoms with Gasteiger partial charge in [0.15, 0.2) is 0 Å². The summed E-state index contributed by atoms with van der Waals surface area (Å²) in [6.45, 7) is 1.74. The quantitative estimate of drug-likeness (QED) is 0.746. The molecule has 0 saturated heterocycles. The van der Waals surface area contributed by atoms with Crippen LogP contribution in [0.25, 0.3) is 0 Å². The summed E-state index contributed by atoms with van der Waals surface area (Å²) < 4.78 is 26.6. The molecule has 0 aliphatic carbocycles. The highest BCUT2D eigenvalue weighted by Gasteiger charge is 2.18. The number of halogens is 4. The maximum Gasteiger partial charge on any atom is 0.146 e. The van der Waals surface area contributed by atoms with Crippen molar-refractivity contribution in [3.8, 4) is 0 Å². The molecule has 5 heteroatoms. The average molecular weight is 356 g/mol. The van der Waals surface area contributed by atoms with Crippen molar-refractivity contribution in [2.45, 2.75) is 24.6 Å². The standard InChI is InChI=1S/C11H10Br2F2O/c1-2-11(16)9(13)5-7-8(12)3-6(14)4-10(7)15/h3-4,9H,2,5H2,1H3. The van der Waals surface area contributed by atoms with Crippen LogP contribution in [0.4, 0.5) is 8.78 Å². The third kappa shape index (κ3) is 3.35. The van der Waals surface area contributed by atoms with Gasteiger partial charge in [-0.15, -0.1) is 0 Å². The molecule has 1 atom stereocenters. The summed E-state index contributed by atoms with van der Waals surface area (Å²) in [5.74, 6) is -1.28. The Morgan fingerprint density at radius 1 is 1.44 bits per heavy atom. The monoisotopic (exact) mass is 354 g/mol. The molecule has 16 heavy (non-hydrogen) atoms. The molecule has 1 unspecified atom stereocenters. The topological polar surface area (TPSA) is 17.1 Å². The maximum atomic E-state index is 13.4. The smallest absolute Gasteiger partial charge is 0.146 e. The van der Waals surface area contributed by atoms with Crippen LogP contribution in [0.3, 0.4) is 0 Å². The maximum absolute atomic E-state index is 13.4. The van der Waals surface area contributed by atoms with Crippen LogP contribution in [0.5, 0.6) is 0 Å². The molecule has 0 spiro atoms. The van der Waals surface area contributed by atoms with Crippen LogP contribution in [0, 0.1) is 11.6 Å². The second kappa shape index (κ2) is 5.87. The predicted octanol–water partition coefficient (Wildman–Crippen LogP) is 4.01. The van der Waals surface area contributed by atoms with Crippen molar-refractivity contribution in [1.29, 1.82) is 0 Å². The minimum absolute atomic E-state index is 0.00405. The lowest BCUT2D eigenvalue weighted by Crippen LogP contribution is -2.16. The molecule has 0 bridgehead atoms. The zero-order chi connectivity index (χ0) is 12.3. The van der Waals surface area contributed by atoms with E-state index in [1.54, 1.807) is 6.92 Å². The normalized spacial score (nSPS) is 12.6. The highest BCUT2D eigenvalue weighted by molar-refractivity contribution is 9.10. The van der Waals surface area contributed by atoms with Gasteiger partial charge >= 0.3 is 0 Å². The molecule has 88 valence electrons. The van der Waals surface area contributed by atoms with E-state index in [1.807, 2.05) is 0 Å². The molecule has 1 aromatic rings. The second-order valence-electron chi connectivity index (χ2n) is 3.34. The molecule has 0 heterocycles.